The van der Waals surface area contributed by atoms with Crippen LogP contribution >= 0.6 is 12.6 Å². The number of carbonyl (C=O) groups excluding carboxylic acids is 1. The molecule has 0 aliphatic rings. The minimum Gasteiger partial charge on any atom is -0.346 e. The number of hydrogen-bond acceptors (Lipinski definition) is 3. The zero-order valence-electron chi connectivity index (χ0n) is 9.42. The van der Waals surface area contributed by atoms with Gasteiger partial charge in [-0.15, -0.1) is 12.6 Å². The van der Waals surface area contributed by atoms with Gasteiger partial charge in [-0.3, -0.25) is 9.48 Å². The molecule has 0 atom stereocenters. The summed E-state index contributed by atoms with van der Waals surface area (Å²) in [6.45, 7) is 0.427. The van der Waals surface area contributed by atoms with Gasteiger partial charge in [-0.2, -0.15) is 5.10 Å². The molecule has 0 saturated heterocycles. The van der Waals surface area contributed by atoms with Crippen molar-refractivity contribution in [3.63, 3.8) is 0 Å². The summed E-state index contributed by atoms with van der Waals surface area (Å²) in [6.07, 6.45) is 1.84. The van der Waals surface area contributed by atoms with Crippen LogP contribution in [0, 0.1) is 0 Å². The van der Waals surface area contributed by atoms with Crippen molar-refractivity contribution < 1.29 is 4.79 Å². The van der Waals surface area contributed by atoms with Crippen molar-refractivity contribution in [2.45, 2.75) is 11.4 Å². The molecule has 0 saturated carbocycles. The summed E-state index contributed by atoms with van der Waals surface area (Å²) < 4.78 is 1.70. The second-order valence-corrected chi connectivity index (χ2v) is 4.23. The third-order valence-corrected chi connectivity index (χ3v) is 2.59. The van der Waals surface area contributed by atoms with E-state index in [0.29, 0.717) is 12.1 Å². The van der Waals surface area contributed by atoms with Crippen molar-refractivity contribution in [2.75, 3.05) is 0 Å². The predicted octanol–water partition coefficient (Wildman–Crippen LogP) is 1.64. The first-order valence-corrected chi connectivity index (χ1v) is 5.65. The highest BCUT2D eigenvalue weighted by atomic mass is 32.1. The Kier molecular flexibility index (Phi) is 3.49. The first kappa shape index (κ1) is 11.7. The quantitative estimate of drug-likeness (QED) is 0.810. The summed E-state index contributed by atoms with van der Waals surface area (Å²) in [5.41, 5.74) is 1.44. The molecule has 1 N–H and O–H groups in total. The summed E-state index contributed by atoms with van der Waals surface area (Å²) in [4.78, 5) is 12.6. The van der Waals surface area contributed by atoms with Crippen LogP contribution in [0.2, 0.25) is 0 Å². The molecule has 0 spiro atoms. The van der Waals surface area contributed by atoms with Gasteiger partial charge >= 0.3 is 0 Å². The van der Waals surface area contributed by atoms with Crippen LogP contribution in [0.5, 0.6) is 0 Å². The van der Waals surface area contributed by atoms with E-state index >= 15 is 0 Å². The fraction of sp³-hybridized carbons (Fsp3) is 0.167. The van der Waals surface area contributed by atoms with Crippen molar-refractivity contribution in [1.29, 1.82) is 0 Å². The van der Waals surface area contributed by atoms with Gasteiger partial charge in [0.2, 0.25) is 0 Å². The number of rotatable bonds is 3. The minimum absolute atomic E-state index is 0.119. The highest BCUT2D eigenvalue weighted by Crippen LogP contribution is 2.08. The Balaban J connectivity index is 1.98. The number of amides is 1. The summed E-state index contributed by atoms with van der Waals surface area (Å²) in [6, 6.07) is 9.00. The Morgan fingerprint density at radius 2 is 2.29 bits per heavy atom. The highest BCUT2D eigenvalue weighted by molar-refractivity contribution is 7.80. The molecule has 1 aromatic heterocycles. The Labute approximate surface area is 105 Å². The number of hydrogen-bond donors (Lipinski definition) is 2. The zero-order valence-corrected chi connectivity index (χ0v) is 10.3. The molecule has 1 aromatic carbocycles. The molecule has 17 heavy (non-hydrogen) atoms. The molecular weight excluding hydrogens is 234 g/mol. The van der Waals surface area contributed by atoms with E-state index in [1.54, 1.807) is 22.9 Å². The first-order chi connectivity index (χ1) is 8.15. The Bertz CT molecular complexity index is 536. The van der Waals surface area contributed by atoms with E-state index in [2.05, 4.69) is 23.0 Å². The lowest BCUT2D eigenvalue weighted by atomic mass is 10.2. The van der Waals surface area contributed by atoms with Gasteiger partial charge in [0.05, 0.1) is 12.2 Å². The predicted molar refractivity (Wildman–Crippen MR) is 68.1 cm³/mol. The average Bonchev–Trinajstić information content (AvgIpc) is 2.72. The molecular formula is C12H13N3OS. The topological polar surface area (TPSA) is 46.9 Å². The van der Waals surface area contributed by atoms with Crippen LogP contribution in [0.3, 0.4) is 0 Å². The SMILES string of the molecule is Cn1ccc(CNC(=O)c2cccc(S)c2)n1. The third kappa shape index (κ3) is 3.10. The number of carbonyl (C=O) groups is 1. The van der Waals surface area contributed by atoms with Crippen molar-refractivity contribution in [3.8, 4) is 0 Å². The Morgan fingerprint density at radius 3 is 2.94 bits per heavy atom. The summed E-state index contributed by atoms with van der Waals surface area (Å²) in [7, 11) is 1.84. The smallest absolute Gasteiger partial charge is 0.251 e. The van der Waals surface area contributed by atoms with E-state index in [0.717, 1.165) is 10.6 Å². The van der Waals surface area contributed by atoms with Gasteiger partial charge in [0, 0.05) is 23.7 Å². The number of aromatic nitrogens is 2. The van der Waals surface area contributed by atoms with E-state index in [4.69, 9.17) is 0 Å². The van der Waals surface area contributed by atoms with Gasteiger partial charge in [-0.05, 0) is 24.3 Å². The van der Waals surface area contributed by atoms with Gasteiger partial charge < -0.3 is 5.32 Å². The van der Waals surface area contributed by atoms with Crippen molar-refractivity contribution in [2.24, 2.45) is 7.05 Å². The zero-order chi connectivity index (χ0) is 12.3. The van der Waals surface area contributed by atoms with Gasteiger partial charge in [0.1, 0.15) is 0 Å². The minimum atomic E-state index is -0.119. The molecule has 5 heteroatoms. The van der Waals surface area contributed by atoms with Gasteiger partial charge in [-0.25, -0.2) is 0 Å². The molecule has 88 valence electrons. The molecule has 0 unspecified atom stereocenters. The number of nitrogens with zero attached hydrogens (tertiary/aromatic N) is 2. The fourth-order valence-corrected chi connectivity index (χ4v) is 1.70. The van der Waals surface area contributed by atoms with Crippen LogP contribution in [0.25, 0.3) is 0 Å². The van der Waals surface area contributed by atoms with E-state index in [9.17, 15) is 4.79 Å². The number of benzene rings is 1. The van der Waals surface area contributed by atoms with E-state index < -0.39 is 0 Å². The van der Waals surface area contributed by atoms with Gasteiger partial charge in [0.15, 0.2) is 0 Å². The number of nitrogens with one attached hydrogen (secondary N) is 1. The molecule has 2 aromatic rings. The molecule has 0 aliphatic carbocycles. The summed E-state index contributed by atoms with van der Waals surface area (Å²) in [5.74, 6) is -0.119. The van der Waals surface area contributed by atoms with Crippen LogP contribution in [-0.2, 0) is 13.6 Å². The van der Waals surface area contributed by atoms with Gasteiger partial charge in [0.25, 0.3) is 5.91 Å². The van der Waals surface area contributed by atoms with E-state index in [1.165, 1.54) is 0 Å². The average molecular weight is 247 g/mol. The highest BCUT2D eigenvalue weighted by Gasteiger charge is 2.05. The molecule has 0 aliphatic heterocycles. The molecule has 1 amide bonds. The molecule has 1 heterocycles. The van der Waals surface area contributed by atoms with Gasteiger partial charge in [-0.1, -0.05) is 6.07 Å². The number of thiol groups is 1. The maximum atomic E-state index is 11.8. The lowest BCUT2D eigenvalue weighted by molar-refractivity contribution is 0.0950. The molecule has 2 rings (SSSR count). The first-order valence-electron chi connectivity index (χ1n) is 5.21. The number of aryl methyl sites for hydroxylation is 1. The second-order valence-electron chi connectivity index (χ2n) is 3.71. The van der Waals surface area contributed by atoms with Crippen molar-refractivity contribution >= 4 is 18.5 Å². The van der Waals surface area contributed by atoms with Crippen LogP contribution in [0.15, 0.2) is 41.4 Å². The van der Waals surface area contributed by atoms with E-state index in [1.807, 2.05) is 25.4 Å². The Morgan fingerprint density at radius 1 is 1.47 bits per heavy atom. The van der Waals surface area contributed by atoms with Crippen LogP contribution in [-0.4, -0.2) is 15.7 Å². The normalized spacial score (nSPS) is 10.2. The third-order valence-electron chi connectivity index (χ3n) is 2.31. The standard InChI is InChI=1S/C12H13N3OS/c1-15-6-5-10(14-15)8-13-12(16)9-3-2-4-11(17)7-9/h2-7,17H,8H2,1H3,(H,13,16). The monoisotopic (exact) mass is 247 g/mol. The summed E-state index contributed by atoms with van der Waals surface area (Å²) in [5, 5.41) is 6.99. The van der Waals surface area contributed by atoms with Crippen LogP contribution < -0.4 is 5.32 Å². The fourth-order valence-electron chi connectivity index (χ4n) is 1.48. The molecule has 0 fully saturated rings. The molecule has 0 radical (unpaired) electrons. The maximum absolute atomic E-state index is 11.8. The van der Waals surface area contributed by atoms with Crippen LogP contribution in [0.4, 0.5) is 0 Å². The molecule has 4 nitrogen and oxygen atoms in total. The van der Waals surface area contributed by atoms with E-state index in [-0.39, 0.29) is 5.91 Å². The lowest BCUT2D eigenvalue weighted by Gasteiger charge is -2.03. The van der Waals surface area contributed by atoms with Crippen molar-refractivity contribution in [3.05, 3.63) is 47.8 Å². The summed E-state index contributed by atoms with van der Waals surface area (Å²) >= 11 is 4.19. The largest absolute Gasteiger partial charge is 0.346 e. The molecule has 0 bridgehead atoms. The van der Waals surface area contributed by atoms with Crippen molar-refractivity contribution in [1.82, 2.24) is 15.1 Å². The van der Waals surface area contributed by atoms with Crippen LogP contribution in [0.1, 0.15) is 16.1 Å². The maximum Gasteiger partial charge on any atom is 0.251 e. The lowest BCUT2D eigenvalue weighted by Crippen LogP contribution is -2.23. The Hall–Kier alpha value is -1.75. The second kappa shape index (κ2) is 5.05.